The maximum atomic E-state index is 6.45. The molecule has 1 heterocycles. The monoisotopic (exact) mass is 408 g/mol. The number of nitrogens with zero attached hydrogens (tertiary/aromatic N) is 2. The van der Waals surface area contributed by atoms with Gasteiger partial charge in [0, 0.05) is 39.4 Å². The molecule has 0 aliphatic heterocycles. The molecule has 1 unspecified atom stereocenters. The zero-order valence-corrected chi connectivity index (χ0v) is 15.4. The number of imidazole rings is 1. The molecular formula is C18H15BrCl2N2. The maximum absolute atomic E-state index is 6.45. The lowest BCUT2D eigenvalue weighted by Gasteiger charge is -2.20. The van der Waals surface area contributed by atoms with Gasteiger partial charge in [-0.05, 0) is 35.7 Å². The van der Waals surface area contributed by atoms with E-state index < -0.39 is 0 Å². The zero-order valence-electron chi connectivity index (χ0n) is 12.3. The standard InChI is InChI=1S/C18H15BrCl2N2/c19-17-4-2-1-3-13(17)9-14(11-23-8-7-22-12-23)16-6-5-15(20)10-18(16)21/h1-8,10,12,14H,9,11H2. The lowest BCUT2D eigenvalue weighted by atomic mass is 9.91. The first-order valence-electron chi connectivity index (χ1n) is 7.27. The highest BCUT2D eigenvalue weighted by Crippen LogP contribution is 2.32. The van der Waals surface area contributed by atoms with E-state index in [0.29, 0.717) is 10.0 Å². The number of benzene rings is 2. The Kier molecular flexibility index (Phi) is 5.42. The highest BCUT2D eigenvalue weighted by molar-refractivity contribution is 9.10. The fraction of sp³-hybridized carbons (Fsp3) is 0.167. The van der Waals surface area contributed by atoms with Crippen LogP contribution in [-0.4, -0.2) is 9.55 Å². The van der Waals surface area contributed by atoms with Gasteiger partial charge in [0.15, 0.2) is 0 Å². The molecular weight excluding hydrogens is 395 g/mol. The first-order chi connectivity index (χ1) is 11.1. The summed E-state index contributed by atoms with van der Waals surface area (Å²) in [5.41, 5.74) is 2.35. The van der Waals surface area contributed by atoms with E-state index in [1.165, 1.54) is 5.56 Å². The molecule has 0 saturated heterocycles. The van der Waals surface area contributed by atoms with E-state index in [1.807, 2.05) is 30.7 Å². The average molecular weight is 410 g/mol. The fourth-order valence-corrected chi connectivity index (χ4v) is 3.69. The minimum atomic E-state index is 0.229. The van der Waals surface area contributed by atoms with Crippen LogP contribution in [0.15, 0.2) is 65.7 Å². The van der Waals surface area contributed by atoms with Crippen molar-refractivity contribution in [3.8, 4) is 0 Å². The van der Waals surface area contributed by atoms with Crippen LogP contribution in [0.25, 0.3) is 0 Å². The molecule has 0 N–H and O–H groups in total. The Hall–Kier alpha value is -1.29. The van der Waals surface area contributed by atoms with Crippen molar-refractivity contribution in [2.75, 3.05) is 0 Å². The number of rotatable bonds is 5. The van der Waals surface area contributed by atoms with Gasteiger partial charge in [-0.3, -0.25) is 0 Å². The average Bonchev–Trinajstić information content (AvgIpc) is 3.02. The number of hydrogen-bond donors (Lipinski definition) is 0. The van der Waals surface area contributed by atoms with Gasteiger partial charge >= 0.3 is 0 Å². The molecule has 3 aromatic rings. The molecule has 118 valence electrons. The summed E-state index contributed by atoms with van der Waals surface area (Å²) in [4.78, 5) is 4.13. The Balaban J connectivity index is 1.94. The highest BCUT2D eigenvalue weighted by Gasteiger charge is 2.18. The quantitative estimate of drug-likeness (QED) is 0.506. The van der Waals surface area contributed by atoms with Crippen LogP contribution in [0, 0.1) is 0 Å². The van der Waals surface area contributed by atoms with Gasteiger partial charge in [-0.15, -0.1) is 0 Å². The van der Waals surface area contributed by atoms with Crippen molar-refractivity contribution in [2.45, 2.75) is 18.9 Å². The summed E-state index contributed by atoms with van der Waals surface area (Å²) in [6.45, 7) is 0.808. The molecule has 3 rings (SSSR count). The Morgan fingerprint density at radius 2 is 1.96 bits per heavy atom. The Morgan fingerprint density at radius 1 is 1.13 bits per heavy atom. The summed E-state index contributed by atoms with van der Waals surface area (Å²) >= 11 is 16.1. The van der Waals surface area contributed by atoms with Gasteiger partial charge in [0.1, 0.15) is 0 Å². The first kappa shape index (κ1) is 16.6. The van der Waals surface area contributed by atoms with Crippen LogP contribution >= 0.6 is 39.1 Å². The van der Waals surface area contributed by atoms with Crippen molar-refractivity contribution in [1.29, 1.82) is 0 Å². The molecule has 0 fully saturated rings. The summed E-state index contributed by atoms with van der Waals surface area (Å²) in [6, 6.07) is 14.0. The van der Waals surface area contributed by atoms with Crippen molar-refractivity contribution in [3.05, 3.63) is 86.8 Å². The lowest BCUT2D eigenvalue weighted by molar-refractivity contribution is 0.555. The number of hydrogen-bond acceptors (Lipinski definition) is 1. The predicted octanol–water partition coefficient (Wildman–Crippen LogP) is 5.98. The van der Waals surface area contributed by atoms with E-state index in [4.69, 9.17) is 23.2 Å². The van der Waals surface area contributed by atoms with Gasteiger partial charge in [-0.25, -0.2) is 4.98 Å². The van der Waals surface area contributed by atoms with Gasteiger partial charge in [0.2, 0.25) is 0 Å². The second-order valence-corrected chi connectivity index (χ2v) is 7.12. The lowest BCUT2D eigenvalue weighted by Crippen LogP contribution is -2.12. The van der Waals surface area contributed by atoms with Crippen LogP contribution in [0.1, 0.15) is 17.0 Å². The van der Waals surface area contributed by atoms with Crippen LogP contribution in [0.4, 0.5) is 0 Å². The van der Waals surface area contributed by atoms with Crippen molar-refractivity contribution < 1.29 is 0 Å². The van der Waals surface area contributed by atoms with E-state index in [1.54, 1.807) is 12.3 Å². The molecule has 5 heteroatoms. The minimum Gasteiger partial charge on any atom is -0.337 e. The SMILES string of the molecule is Clc1ccc(C(Cc2ccccc2Br)Cn2ccnc2)c(Cl)c1. The van der Waals surface area contributed by atoms with Gasteiger partial charge in [0.25, 0.3) is 0 Å². The molecule has 2 nitrogen and oxygen atoms in total. The van der Waals surface area contributed by atoms with Crippen molar-refractivity contribution in [2.24, 2.45) is 0 Å². The summed E-state index contributed by atoms with van der Waals surface area (Å²) in [5, 5.41) is 1.36. The zero-order chi connectivity index (χ0) is 16.2. The molecule has 2 aromatic carbocycles. The Morgan fingerprint density at radius 3 is 2.65 bits per heavy atom. The molecule has 0 bridgehead atoms. The largest absolute Gasteiger partial charge is 0.337 e. The molecule has 0 spiro atoms. The minimum absolute atomic E-state index is 0.229. The molecule has 0 aliphatic rings. The normalized spacial score (nSPS) is 12.3. The second kappa shape index (κ2) is 7.52. The molecule has 0 saturated carbocycles. The van der Waals surface area contributed by atoms with Crippen molar-refractivity contribution >= 4 is 39.1 Å². The predicted molar refractivity (Wildman–Crippen MR) is 99.3 cm³/mol. The number of aromatic nitrogens is 2. The van der Waals surface area contributed by atoms with Gasteiger partial charge in [-0.2, -0.15) is 0 Å². The molecule has 23 heavy (non-hydrogen) atoms. The van der Waals surface area contributed by atoms with Crippen molar-refractivity contribution in [3.63, 3.8) is 0 Å². The molecule has 0 aliphatic carbocycles. The molecule has 1 aromatic heterocycles. The van der Waals surface area contributed by atoms with E-state index >= 15 is 0 Å². The summed E-state index contributed by atoms with van der Waals surface area (Å²) in [6.07, 6.45) is 6.47. The maximum Gasteiger partial charge on any atom is 0.0946 e. The van der Waals surface area contributed by atoms with E-state index in [2.05, 4.69) is 43.7 Å². The second-order valence-electron chi connectivity index (χ2n) is 5.42. The van der Waals surface area contributed by atoms with Crippen LogP contribution < -0.4 is 0 Å². The van der Waals surface area contributed by atoms with E-state index in [9.17, 15) is 0 Å². The summed E-state index contributed by atoms with van der Waals surface area (Å²) < 4.78 is 3.19. The Bertz CT molecular complexity index is 787. The number of halogens is 3. The van der Waals surface area contributed by atoms with Crippen molar-refractivity contribution in [1.82, 2.24) is 9.55 Å². The molecule has 0 amide bonds. The van der Waals surface area contributed by atoms with Crippen LogP contribution in [0.2, 0.25) is 10.0 Å². The van der Waals surface area contributed by atoms with Crippen LogP contribution in [0.3, 0.4) is 0 Å². The first-order valence-corrected chi connectivity index (χ1v) is 8.82. The van der Waals surface area contributed by atoms with E-state index in [-0.39, 0.29) is 5.92 Å². The molecule has 1 atom stereocenters. The third-order valence-electron chi connectivity index (χ3n) is 3.82. The van der Waals surface area contributed by atoms with Crippen LogP contribution in [0.5, 0.6) is 0 Å². The third kappa shape index (κ3) is 4.17. The van der Waals surface area contributed by atoms with Gasteiger partial charge in [-0.1, -0.05) is 63.4 Å². The Labute approximate surface area is 154 Å². The smallest absolute Gasteiger partial charge is 0.0946 e. The molecule has 0 radical (unpaired) electrons. The van der Waals surface area contributed by atoms with Gasteiger partial charge in [0.05, 0.1) is 6.33 Å². The van der Waals surface area contributed by atoms with Crippen LogP contribution in [-0.2, 0) is 13.0 Å². The summed E-state index contributed by atoms with van der Waals surface area (Å²) in [5.74, 6) is 0.229. The fourth-order valence-electron chi connectivity index (χ4n) is 2.68. The van der Waals surface area contributed by atoms with Gasteiger partial charge < -0.3 is 4.57 Å². The third-order valence-corrected chi connectivity index (χ3v) is 5.15. The van der Waals surface area contributed by atoms with E-state index in [0.717, 1.165) is 23.0 Å². The highest BCUT2D eigenvalue weighted by atomic mass is 79.9. The topological polar surface area (TPSA) is 17.8 Å². The summed E-state index contributed by atoms with van der Waals surface area (Å²) in [7, 11) is 0.